The van der Waals surface area contributed by atoms with Crippen molar-refractivity contribution >= 4 is 19.8 Å². The molecule has 0 aromatic carbocycles. The summed E-state index contributed by atoms with van der Waals surface area (Å²) < 4.78 is 26.3. The van der Waals surface area contributed by atoms with E-state index in [1.807, 2.05) is 0 Å². The van der Waals surface area contributed by atoms with Crippen molar-refractivity contribution in [3.8, 4) is 0 Å². The van der Waals surface area contributed by atoms with Crippen molar-refractivity contribution in [3.05, 3.63) is 36.5 Å². The number of allylic oxidation sites excluding steroid dienone is 6. The first-order valence-electron chi connectivity index (χ1n) is 20.3. The highest BCUT2D eigenvalue weighted by Crippen LogP contribution is 2.36. The molecule has 0 bridgehead atoms. The number of hydrogen-bond donors (Lipinski definition) is 2. The molecule has 9 heteroatoms. The first kappa shape index (κ1) is 48.3. The van der Waals surface area contributed by atoms with Crippen LogP contribution in [0, 0.1) is 0 Å². The number of phosphoric ester groups is 1. The number of rotatable bonds is 37. The van der Waals surface area contributed by atoms with Crippen LogP contribution in [-0.4, -0.2) is 41.0 Å². The molecule has 0 spiro atoms. The molecule has 0 saturated carbocycles. The fourth-order valence-electron chi connectivity index (χ4n) is 5.57. The fourth-order valence-corrected chi connectivity index (χ4v) is 5.93. The first-order valence-corrected chi connectivity index (χ1v) is 21.8. The number of phosphoric acid groups is 1. The minimum atomic E-state index is -4.75. The van der Waals surface area contributed by atoms with E-state index in [0.717, 1.165) is 64.2 Å². The Morgan fingerprint density at radius 2 is 0.900 bits per heavy atom. The van der Waals surface area contributed by atoms with E-state index in [1.54, 1.807) is 0 Å². The van der Waals surface area contributed by atoms with Gasteiger partial charge in [-0.1, -0.05) is 147 Å². The van der Waals surface area contributed by atoms with Crippen molar-refractivity contribution in [1.29, 1.82) is 0 Å². The Bertz CT molecular complexity index is 910. The summed E-state index contributed by atoms with van der Waals surface area (Å²) in [4.78, 5) is 42.8. The van der Waals surface area contributed by atoms with Gasteiger partial charge in [0.25, 0.3) is 0 Å². The topological polar surface area (TPSA) is 119 Å². The zero-order chi connectivity index (χ0) is 36.8. The van der Waals surface area contributed by atoms with Gasteiger partial charge in [-0.2, -0.15) is 0 Å². The third-order valence-electron chi connectivity index (χ3n) is 8.63. The van der Waals surface area contributed by atoms with E-state index in [4.69, 9.17) is 19.3 Å². The molecule has 0 aliphatic rings. The van der Waals surface area contributed by atoms with E-state index in [2.05, 4.69) is 54.8 Å². The van der Waals surface area contributed by atoms with Gasteiger partial charge in [0.1, 0.15) is 6.61 Å². The van der Waals surface area contributed by atoms with Gasteiger partial charge in [-0.15, -0.1) is 0 Å². The standard InChI is InChI=1S/C41H75O8P/c1-3-5-7-9-11-13-15-17-19-20-22-24-26-28-30-32-34-36-41(43)49-39(38-48-50(44,45)46)37-47-40(42)35-33-31-29-27-25-23-21-18-16-14-12-10-8-6-4-2/h11,13,17-19,21,39H,3-10,12,14-16,20,22-38H2,1-2H3,(H2,44,45,46)/b13-11+,19-17+,21-18+/t39-/m1/s1. The zero-order valence-electron chi connectivity index (χ0n) is 32.0. The van der Waals surface area contributed by atoms with Gasteiger partial charge in [0.05, 0.1) is 6.61 Å². The monoisotopic (exact) mass is 727 g/mol. The van der Waals surface area contributed by atoms with Crippen molar-refractivity contribution < 1.29 is 37.9 Å². The van der Waals surface area contributed by atoms with Crippen LogP contribution < -0.4 is 0 Å². The fraction of sp³-hybridized carbons (Fsp3) is 0.805. The molecule has 0 unspecified atom stereocenters. The first-order chi connectivity index (χ1) is 24.3. The highest BCUT2D eigenvalue weighted by molar-refractivity contribution is 7.46. The molecule has 1 atom stereocenters. The third kappa shape index (κ3) is 39.1. The lowest BCUT2D eigenvalue weighted by atomic mass is 10.1. The highest BCUT2D eigenvalue weighted by atomic mass is 31.2. The molecule has 0 heterocycles. The molecule has 0 aliphatic heterocycles. The van der Waals surface area contributed by atoms with Crippen LogP contribution in [0.4, 0.5) is 0 Å². The van der Waals surface area contributed by atoms with E-state index in [0.29, 0.717) is 12.8 Å². The Morgan fingerprint density at radius 1 is 0.520 bits per heavy atom. The minimum absolute atomic E-state index is 0.202. The summed E-state index contributed by atoms with van der Waals surface area (Å²) in [6.07, 6.45) is 42.9. The SMILES string of the molecule is CCCCC/C=C/C/C=C/CCCCCCCCCC(=O)O[C@H](COC(=O)CCCCCCC/C=C/CCCCCCCC)COP(=O)(O)O. The van der Waals surface area contributed by atoms with Crippen molar-refractivity contribution in [2.45, 2.75) is 200 Å². The predicted molar refractivity (Wildman–Crippen MR) is 207 cm³/mol. The van der Waals surface area contributed by atoms with Crippen LogP contribution in [0.1, 0.15) is 194 Å². The molecule has 0 radical (unpaired) electrons. The summed E-state index contributed by atoms with van der Waals surface area (Å²) in [5, 5.41) is 0. The molecular weight excluding hydrogens is 651 g/mol. The Labute approximate surface area is 306 Å². The Balaban J connectivity index is 3.96. The van der Waals surface area contributed by atoms with Crippen LogP contribution in [0.2, 0.25) is 0 Å². The lowest BCUT2D eigenvalue weighted by Gasteiger charge is -2.18. The minimum Gasteiger partial charge on any atom is -0.462 e. The predicted octanol–water partition coefficient (Wildman–Crippen LogP) is 12.2. The van der Waals surface area contributed by atoms with Gasteiger partial charge in [0.15, 0.2) is 6.10 Å². The highest BCUT2D eigenvalue weighted by Gasteiger charge is 2.22. The van der Waals surface area contributed by atoms with E-state index in [1.165, 1.54) is 89.9 Å². The lowest BCUT2D eigenvalue weighted by Crippen LogP contribution is -2.29. The van der Waals surface area contributed by atoms with Crippen LogP contribution in [0.5, 0.6) is 0 Å². The number of unbranched alkanes of at least 4 members (excludes halogenated alkanes) is 21. The molecule has 0 aliphatic carbocycles. The van der Waals surface area contributed by atoms with Gasteiger partial charge in [-0.3, -0.25) is 14.1 Å². The second-order valence-electron chi connectivity index (χ2n) is 13.6. The molecule has 2 N–H and O–H groups in total. The number of ether oxygens (including phenoxy) is 2. The molecule has 0 fully saturated rings. The van der Waals surface area contributed by atoms with E-state index in [9.17, 15) is 14.2 Å². The molecule has 0 aromatic heterocycles. The maximum atomic E-state index is 12.4. The summed E-state index contributed by atoms with van der Waals surface area (Å²) >= 11 is 0. The Kier molecular flexibility index (Phi) is 35.8. The molecule has 8 nitrogen and oxygen atoms in total. The van der Waals surface area contributed by atoms with Gasteiger partial charge in [-0.25, -0.2) is 4.57 Å². The maximum absolute atomic E-state index is 12.4. The summed E-state index contributed by atoms with van der Waals surface area (Å²) in [5.74, 6) is -0.901. The largest absolute Gasteiger partial charge is 0.469 e. The van der Waals surface area contributed by atoms with Crippen LogP contribution in [0.25, 0.3) is 0 Å². The summed E-state index contributed by atoms with van der Waals surface area (Å²) in [6, 6.07) is 0. The van der Waals surface area contributed by atoms with Crippen LogP contribution in [0.15, 0.2) is 36.5 Å². The van der Waals surface area contributed by atoms with Crippen molar-refractivity contribution in [2.24, 2.45) is 0 Å². The summed E-state index contributed by atoms with van der Waals surface area (Å²) in [5.41, 5.74) is 0. The molecule has 0 aromatic rings. The normalized spacial score (nSPS) is 12.8. The summed E-state index contributed by atoms with van der Waals surface area (Å²) in [7, 11) is -4.75. The van der Waals surface area contributed by atoms with Crippen molar-refractivity contribution in [2.75, 3.05) is 13.2 Å². The van der Waals surface area contributed by atoms with Gasteiger partial charge >= 0.3 is 19.8 Å². The van der Waals surface area contributed by atoms with E-state index >= 15 is 0 Å². The Hall–Kier alpha value is -1.73. The maximum Gasteiger partial charge on any atom is 0.469 e. The molecular formula is C41H75O8P. The zero-order valence-corrected chi connectivity index (χ0v) is 32.9. The quantitative estimate of drug-likeness (QED) is 0.0281. The van der Waals surface area contributed by atoms with Crippen LogP contribution in [-0.2, 0) is 28.2 Å². The van der Waals surface area contributed by atoms with Crippen molar-refractivity contribution in [3.63, 3.8) is 0 Å². The van der Waals surface area contributed by atoms with Crippen LogP contribution >= 0.6 is 7.82 Å². The molecule has 0 rings (SSSR count). The molecule has 292 valence electrons. The van der Waals surface area contributed by atoms with Crippen molar-refractivity contribution in [1.82, 2.24) is 0 Å². The average Bonchev–Trinajstić information content (AvgIpc) is 3.08. The Morgan fingerprint density at radius 3 is 1.38 bits per heavy atom. The smallest absolute Gasteiger partial charge is 0.462 e. The van der Waals surface area contributed by atoms with E-state index in [-0.39, 0.29) is 19.4 Å². The average molecular weight is 727 g/mol. The van der Waals surface area contributed by atoms with Gasteiger partial charge in [-0.05, 0) is 70.6 Å². The lowest BCUT2D eigenvalue weighted by molar-refractivity contribution is -0.161. The van der Waals surface area contributed by atoms with Crippen LogP contribution in [0.3, 0.4) is 0 Å². The second kappa shape index (κ2) is 37.0. The van der Waals surface area contributed by atoms with Gasteiger partial charge in [0.2, 0.25) is 0 Å². The second-order valence-corrected chi connectivity index (χ2v) is 14.8. The van der Waals surface area contributed by atoms with Gasteiger partial charge < -0.3 is 19.3 Å². The number of carbonyl (C=O) groups excluding carboxylic acids is 2. The van der Waals surface area contributed by atoms with E-state index < -0.39 is 32.5 Å². The summed E-state index contributed by atoms with van der Waals surface area (Å²) in [6.45, 7) is 3.64. The van der Waals surface area contributed by atoms with Gasteiger partial charge in [0, 0.05) is 12.8 Å². The molecule has 0 saturated heterocycles. The third-order valence-corrected chi connectivity index (χ3v) is 9.12. The number of hydrogen-bond acceptors (Lipinski definition) is 6. The number of carbonyl (C=O) groups is 2. The molecule has 0 amide bonds. The number of esters is 2. The molecule has 50 heavy (non-hydrogen) atoms.